The van der Waals surface area contributed by atoms with E-state index in [1.165, 1.54) is 5.56 Å². The zero-order valence-electron chi connectivity index (χ0n) is 7.55. The van der Waals surface area contributed by atoms with Crippen LogP contribution in [-0.4, -0.2) is 12.6 Å². The largest absolute Gasteiger partial charge is 0.383 e. The molecule has 1 aliphatic heterocycles. The first-order chi connectivity index (χ1) is 6.20. The molecule has 3 heteroatoms. The third-order valence-corrected chi connectivity index (χ3v) is 2.89. The van der Waals surface area contributed by atoms with Gasteiger partial charge in [-0.1, -0.05) is 23.7 Å². The summed E-state index contributed by atoms with van der Waals surface area (Å²) in [6.45, 7) is 2.93. The molecule has 0 fully saturated rings. The van der Waals surface area contributed by atoms with Gasteiger partial charge in [0.05, 0.1) is 10.7 Å². The maximum absolute atomic E-state index is 6.04. The van der Waals surface area contributed by atoms with Gasteiger partial charge in [-0.15, -0.1) is 0 Å². The number of hydrogen-bond acceptors (Lipinski definition) is 2. The van der Waals surface area contributed by atoms with Crippen LogP contribution in [0.15, 0.2) is 18.2 Å². The van der Waals surface area contributed by atoms with Crippen LogP contribution >= 0.6 is 11.6 Å². The van der Waals surface area contributed by atoms with Crippen LogP contribution in [-0.2, 0) is 0 Å². The Morgan fingerprint density at radius 1 is 1.62 bits per heavy atom. The number of anilines is 1. The average molecular weight is 197 g/mol. The molecule has 1 aliphatic rings. The molecule has 0 radical (unpaired) electrons. The van der Waals surface area contributed by atoms with E-state index in [4.69, 9.17) is 17.3 Å². The van der Waals surface area contributed by atoms with Gasteiger partial charge in [-0.2, -0.15) is 0 Å². The fourth-order valence-electron chi connectivity index (χ4n) is 1.83. The highest BCUT2D eigenvalue weighted by molar-refractivity contribution is 6.33. The molecule has 2 atom stereocenters. The smallest absolute Gasteiger partial charge is 0.0640 e. The zero-order valence-corrected chi connectivity index (χ0v) is 8.31. The van der Waals surface area contributed by atoms with Gasteiger partial charge < -0.3 is 11.1 Å². The minimum Gasteiger partial charge on any atom is -0.383 e. The van der Waals surface area contributed by atoms with Crippen LogP contribution in [0.3, 0.4) is 0 Å². The maximum Gasteiger partial charge on any atom is 0.0640 e. The van der Waals surface area contributed by atoms with E-state index >= 15 is 0 Å². The number of para-hydroxylation sites is 1. The van der Waals surface area contributed by atoms with Gasteiger partial charge >= 0.3 is 0 Å². The molecule has 1 aromatic rings. The Kier molecular flexibility index (Phi) is 2.18. The first-order valence-corrected chi connectivity index (χ1v) is 4.86. The van der Waals surface area contributed by atoms with Crippen molar-refractivity contribution in [1.82, 2.24) is 0 Å². The molecule has 0 amide bonds. The topological polar surface area (TPSA) is 38.0 Å². The second kappa shape index (κ2) is 3.20. The van der Waals surface area contributed by atoms with Crippen molar-refractivity contribution in [2.75, 3.05) is 11.9 Å². The highest BCUT2D eigenvalue weighted by Gasteiger charge is 2.26. The number of halogens is 1. The molecule has 0 saturated heterocycles. The number of fused-ring (bicyclic) bond motifs is 1. The summed E-state index contributed by atoms with van der Waals surface area (Å²) < 4.78 is 0. The molecule has 0 aliphatic carbocycles. The van der Waals surface area contributed by atoms with E-state index in [-0.39, 0.29) is 6.04 Å². The molecular formula is C10H13ClN2. The summed E-state index contributed by atoms with van der Waals surface area (Å²) in [7, 11) is 0. The number of rotatable bonds is 1. The summed E-state index contributed by atoms with van der Waals surface area (Å²) >= 11 is 6.04. The van der Waals surface area contributed by atoms with Crippen molar-refractivity contribution < 1.29 is 0 Å². The number of nitrogens with two attached hydrogens (primary N) is 1. The van der Waals surface area contributed by atoms with Crippen molar-refractivity contribution in [3.8, 4) is 0 Å². The molecule has 0 bridgehead atoms. The predicted molar refractivity (Wildman–Crippen MR) is 56.3 cm³/mol. The molecule has 70 valence electrons. The molecule has 1 heterocycles. The molecule has 13 heavy (non-hydrogen) atoms. The van der Waals surface area contributed by atoms with Gasteiger partial charge in [0.25, 0.3) is 0 Å². The van der Waals surface area contributed by atoms with Crippen molar-refractivity contribution in [2.45, 2.75) is 18.9 Å². The van der Waals surface area contributed by atoms with Crippen molar-refractivity contribution in [2.24, 2.45) is 5.73 Å². The summed E-state index contributed by atoms with van der Waals surface area (Å²) in [6, 6.07) is 6.14. The van der Waals surface area contributed by atoms with Crippen molar-refractivity contribution in [3.63, 3.8) is 0 Å². The Bertz CT molecular complexity index is 323. The van der Waals surface area contributed by atoms with Crippen LogP contribution in [0.4, 0.5) is 5.69 Å². The minimum atomic E-state index is 0.173. The molecule has 2 rings (SSSR count). The molecular weight excluding hydrogens is 184 g/mol. The van der Waals surface area contributed by atoms with Crippen LogP contribution in [0.2, 0.25) is 5.02 Å². The van der Waals surface area contributed by atoms with Crippen LogP contribution in [0, 0.1) is 0 Å². The SMILES string of the molecule is CC(N)C1CNc2c(Cl)cccc21. The van der Waals surface area contributed by atoms with Gasteiger partial charge in [0.2, 0.25) is 0 Å². The van der Waals surface area contributed by atoms with E-state index in [9.17, 15) is 0 Å². The molecule has 2 nitrogen and oxygen atoms in total. The maximum atomic E-state index is 6.04. The minimum absolute atomic E-state index is 0.173. The standard InChI is InChI=1S/C10H13ClN2/c1-6(12)8-5-13-10-7(8)3-2-4-9(10)11/h2-4,6,8,13H,5,12H2,1H3. The van der Waals surface area contributed by atoms with Crippen LogP contribution in [0.25, 0.3) is 0 Å². The monoisotopic (exact) mass is 196 g/mol. The van der Waals surface area contributed by atoms with Crippen molar-refractivity contribution in [1.29, 1.82) is 0 Å². The summed E-state index contributed by atoms with van der Waals surface area (Å²) in [5.74, 6) is 0.397. The van der Waals surface area contributed by atoms with Crippen molar-refractivity contribution >= 4 is 17.3 Å². The molecule has 0 aromatic heterocycles. The third-order valence-electron chi connectivity index (χ3n) is 2.58. The number of benzene rings is 1. The van der Waals surface area contributed by atoms with Gasteiger partial charge in [0.1, 0.15) is 0 Å². The van der Waals surface area contributed by atoms with E-state index in [2.05, 4.69) is 11.4 Å². The molecule has 0 spiro atoms. The van der Waals surface area contributed by atoms with Gasteiger partial charge in [-0.05, 0) is 18.6 Å². The normalized spacial score (nSPS) is 22.2. The lowest BCUT2D eigenvalue weighted by molar-refractivity contribution is 0.610. The van der Waals surface area contributed by atoms with Crippen molar-refractivity contribution in [3.05, 3.63) is 28.8 Å². The lowest BCUT2D eigenvalue weighted by atomic mass is 9.95. The summed E-state index contributed by atoms with van der Waals surface area (Å²) in [5.41, 5.74) is 8.19. The third kappa shape index (κ3) is 1.40. The Balaban J connectivity index is 2.43. The van der Waals surface area contributed by atoms with E-state index in [0.29, 0.717) is 5.92 Å². The summed E-state index contributed by atoms with van der Waals surface area (Å²) in [6.07, 6.45) is 0. The zero-order chi connectivity index (χ0) is 9.42. The lowest BCUT2D eigenvalue weighted by Crippen LogP contribution is -2.25. The number of hydrogen-bond donors (Lipinski definition) is 2. The number of nitrogens with one attached hydrogen (secondary N) is 1. The van der Waals surface area contributed by atoms with E-state index < -0.39 is 0 Å². The van der Waals surface area contributed by atoms with Crippen LogP contribution in [0.5, 0.6) is 0 Å². The van der Waals surface area contributed by atoms with Gasteiger partial charge in [0, 0.05) is 18.5 Å². The highest BCUT2D eigenvalue weighted by Crippen LogP contribution is 2.37. The van der Waals surface area contributed by atoms with Gasteiger partial charge in [-0.25, -0.2) is 0 Å². The lowest BCUT2D eigenvalue weighted by Gasteiger charge is -2.13. The van der Waals surface area contributed by atoms with E-state index in [1.54, 1.807) is 0 Å². The highest BCUT2D eigenvalue weighted by atomic mass is 35.5. The fourth-order valence-corrected chi connectivity index (χ4v) is 2.08. The van der Waals surface area contributed by atoms with E-state index in [0.717, 1.165) is 17.3 Å². The van der Waals surface area contributed by atoms with Gasteiger partial charge in [0.15, 0.2) is 0 Å². The van der Waals surface area contributed by atoms with Crippen LogP contribution in [0.1, 0.15) is 18.4 Å². The Morgan fingerprint density at radius 3 is 3.08 bits per heavy atom. The Morgan fingerprint density at radius 2 is 2.38 bits per heavy atom. The molecule has 2 unspecified atom stereocenters. The first-order valence-electron chi connectivity index (χ1n) is 4.48. The Labute approximate surface area is 83.1 Å². The molecule has 0 saturated carbocycles. The quantitative estimate of drug-likeness (QED) is 0.723. The fraction of sp³-hybridized carbons (Fsp3) is 0.400. The second-order valence-electron chi connectivity index (χ2n) is 3.55. The van der Waals surface area contributed by atoms with Crippen LogP contribution < -0.4 is 11.1 Å². The predicted octanol–water partition coefficient (Wildman–Crippen LogP) is 2.20. The van der Waals surface area contributed by atoms with E-state index in [1.807, 2.05) is 19.1 Å². The summed E-state index contributed by atoms with van der Waals surface area (Å²) in [5, 5.41) is 4.08. The first kappa shape index (κ1) is 8.85. The molecule has 1 aromatic carbocycles. The molecule has 3 N–H and O–H groups in total. The second-order valence-corrected chi connectivity index (χ2v) is 3.96. The Hall–Kier alpha value is -0.730. The summed E-state index contributed by atoms with van der Waals surface area (Å²) in [4.78, 5) is 0. The average Bonchev–Trinajstić information content (AvgIpc) is 2.48. The van der Waals surface area contributed by atoms with Gasteiger partial charge in [-0.3, -0.25) is 0 Å².